The number of likely N-dealkylation sites (N-methyl/N-ethyl adjacent to an activating group) is 1. The Labute approximate surface area is 178 Å². The molecule has 5 nitrogen and oxygen atoms in total. The van der Waals surface area contributed by atoms with Gasteiger partial charge in [0, 0.05) is 35.7 Å². The first kappa shape index (κ1) is 21.1. The van der Waals surface area contributed by atoms with Gasteiger partial charge in [-0.25, -0.2) is 9.78 Å². The Morgan fingerprint density at radius 1 is 1.10 bits per heavy atom. The van der Waals surface area contributed by atoms with Crippen LogP contribution in [0.3, 0.4) is 0 Å². The number of hydrogen-bond acceptors (Lipinski definition) is 6. The van der Waals surface area contributed by atoms with Gasteiger partial charge in [-0.1, -0.05) is 30.3 Å². The molecule has 0 saturated carbocycles. The molecule has 0 bridgehead atoms. The van der Waals surface area contributed by atoms with Crippen LogP contribution in [0.2, 0.25) is 0 Å². The zero-order valence-corrected chi connectivity index (χ0v) is 18.1. The van der Waals surface area contributed by atoms with Crippen LogP contribution in [0.4, 0.5) is 0 Å². The number of carbonyl (C=O) groups excluding carboxylic acids is 2. The zero-order valence-electron chi connectivity index (χ0n) is 16.5. The van der Waals surface area contributed by atoms with Gasteiger partial charge in [-0.3, -0.25) is 4.79 Å². The molecule has 1 aromatic heterocycles. The largest absolute Gasteiger partial charge is 0.444 e. The molecule has 1 atom stereocenters. The molecule has 3 aromatic rings. The Morgan fingerprint density at radius 2 is 1.79 bits per heavy atom. The number of aromatic nitrogens is 1. The third-order valence-corrected chi connectivity index (χ3v) is 6.00. The molecule has 0 aliphatic carbocycles. The van der Waals surface area contributed by atoms with Gasteiger partial charge in [0.25, 0.3) is 5.91 Å². The summed E-state index contributed by atoms with van der Waals surface area (Å²) in [7, 11) is 3.28. The number of amides is 1. The van der Waals surface area contributed by atoms with Gasteiger partial charge in [0.05, 0.1) is 16.3 Å². The van der Waals surface area contributed by atoms with Gasteiger partial charge in [-0.15, -0.1) is 23.1 Å². The standard InChI is InChI=1S/C22H22N2O3S2/c1-15-23-18(13-28-15)14-29-19-11-9-17(10-12-19)22(26)27-20(21(25)24(2)3)16-7-5-4-6-8-16/h4-13,20H,14H2,1-3H3. The van der Waals surface area contributed by atoms with Gasteiger partial charge in [0.1, 0.15) is 0 Å². The molecule has 150 valence electrons. The van der Waals surface area contributed by atoms with Crippen LogP contribution in [0.1, 0.15) is 32.7 Å². The van der Waals surface area contributed by atoms with Crippen molar-refractivity contribution in [1.29, 1.82) is 0 Å². The molecule has 0 aliphatic rings. The van der Waals surface area contributed by atoms with Crippen LogP contribution < -0.4 is 0 Å². The van der Waals surface area contributed by atoms with E-state index in [4.69, 9.17) is 4.74 Å². The van der Waals surface area contributed by atoms with Crippen LogP contribution in [0.15, 0.2) is 64.9 Å². The summed E-state index contributed by atoms with van der Waals surface area (Å²) in [6.07, 6.45) is -0.972. The lowest BCUT2D eigenvalue weighted by atomic mass is 10.1. The van der Waals surface area contributed by atoms with Crippen molar-refractivity contribution in [2.75, 3.05) is 14.1 Å². The van der Waals surface area contributed by atoms with Gasteiger partial charge < -0.3 is 9.64 Å². The number of ether oxygens (including phenoxy) is 1. The molecular weight excluding hydrogens is 404 g/mol. The maximum atomic E-state index is 12.6. The number of hydrogen-bond donors (Lipinski definition) is 0. The van der Waals surface area contributed by atoms with Crippen LogP contribution in [0, 0.1) is 6.92 Å². The number of thioether (sulfide) groups is 1. The first-order valence-electron chi connectivity index (χ1n) is 9.05. The van der Waals surface area contributed by atoms with Crippen molar-refractivity contribution in [3.8, 4) is 0 Å². The second-order valence-corrected chi connectivity index (χ2v) is 8.71. The van der Waals surface area contributed by atoms with Crippen molar-refractivity contribution >= 4 is 35.0 Å². The molecule has 0 saturated heterocycles. The second-order valence-electron chi connectivity index (χ2n) is 6.60. The predicted molar refractivity (Wildman–Crippen MR) is 116 cm³/mol. The average Bonchev–Trinajstić information content (AvgIpc) is 3.16. The molecule has 29 heavy (non-hydrogen) atoms. The Morgan fingerprint density at radius 3 is 2.38 bits per heavy atom. The average molecular weight is 427 g/mol. The fraction of sp³-hybridized carbons (Fsp3) is 0.227. The van der Waals surface area contributed by atoms with Crippen molar-refractivity contribution in [3.05, 3.63) is 81.8 Å². The molecule has 0 fully saturated rings. The highest BCUT2D eigenvalue weighted by Gasteiger charge is 2.26. The van der Waals surface area contributed by atoms with Crippen molar-refractivity contribution < 1.29 is 14.3 Å². The summed E-state index contributed by atoms with van der Waals surface area (Å²) in [5.74, 6) is -0.0299. The number of thiazole rings is 1. The number of carbonyl (C=O) groups is 2. The quantitative estimate of drug-likeness (QED) is 0.404. The number of aryl methyl sites for hydroxylation is 1. The predicted octanol–water partition coefficient (Wildman–Crippen LogP) is 4.73. The summed E-state index contributed by atoms with van der Waals surface area (Å²) < 4.78 is 5.57. The van der Waals surface area contributed by atoms with Crippen LogP contribution in [0.5, 0.6) is 0 Å². The van der Waals surface area contributed by atoms with E-state index in [9.17, 15) is 9.59 Å². The minimum Gasteiger partial charge on any atom is -0.444 e. The van der Waals surface area contributed by atoms with Gasteiger partial charge in [0.15, 0.2) is 0 Å². The zero-order chi connectivity index (χ0) is 20.8. The van der Waals surface area contributed by atoms with Crippen molar-refractivity contribution in [2.24, 2.45) is 0 Å². The maximum Gasteiger partial charge on any atom is 0.339 e. The van der Waals surface area contributed by atoms with E-state index in [0.717, 1.165) is 21.3 Å². The number of esters is 1. The summed E-state index contributed by atoms with van der Waals surface area (Å²) in [5, 5.41) is 3.11. The summed E-state index contributed by atoms with van der Waals surface area (Å²) in [4.78, 5) is 32.1. The lowest BCUT2D eigenvalue weighted by Crippen LogP contribution is -2.31. The molecular formula is C22H22N2O3S2. The van der Waals surface area contributed by atoms with Crippen molar-refractivity contribution in [3.63, 3.8) is 0 Å². The summed E-state index contributed by atoms with van der Waals surface area (Å²) in [5.41, 5.74) is 2.10. The van der Waals surface area contributed by atoms with Crippen molar-refractivity contribution in [1.82, 2.24) is 9.88 Å². The molecule has 0 N–H and O–H groups in total. The molecule has 1 heterocycles. The summed E-state index contributed by atoms with van der Waals surface area (Å²) in [6.45, 7) is 1.99. The van der Waals surface area contributed by atoms with Gasteiger partial charge >= 0.3 is 5.97 Å². The molecule has 3 rings (SSSR count). The van der Waals surface area contributed by atoms with Gasteiger partial charge in [-0.2, -0.15) is 0 Å². The fourth-order valence-electron chi connectivity index (χ4n) is 2.62. The lowest BCUT2D eigenvalue weighted by molar-refractivity contribution is -0.138. The molecule has 0 aliphatic heterocycles. The van der Waals surface area contributed by atoms with Crippen LogP contribution in [-0.2, 0) is 15.3 Å². The fourth-order valence-corrected chi connectivity index (χ4v) is 4.13. The minimum atomic E-state index is -0.972. The lowest BCUT2D eigenvalue weighted by Gasteiger charge is -2.21. The molecule has 7 heteroatoms. The van der Waals surface area contributed by atoms with E-state index in [1.807, 2.05) is 37.3 Å². The first-order chi connectivity index (χ1) is 13.9. The highest BCUT2D eigenvalue weighted by Crippen LogP contribution is 2.25. The number of nitrogens with zero attached hydrogens (tertiary/aromatic N) is 2. The smallest absolute Gasteiger partial charge is 0.339 e. The highest BCUT2D eigenvalue weighted by molar-refractivity contribution is 7.98. The maximum absolute atomic E-state index is 12.6. The Bertz CT molecular complexity index is 969. The van der Waals surface area contributed by atoms with Gasteiger partial charge in [-0.05, 0) is 31.2 Å². The van der Waals surface area contributed by atoms with Crippen molar-refractivity contribution in [2.45, 2.75) is 23.7 Å². The van der Waals surface area contributed by atoms with E-state index < -0.39 is 12.1 Å². The second kappa shape index (κ2) is 9.71. The van der Waals surface area contributed by atoms with Crippen LogP contribution >= 0.6 is 23.1 Å². The molecule has 1 amide bonds. The number of rotatable bonds is 7. The Hall–Kier alpha value is -2.64. The molecule has 0 radical (unpaired) electrons. The third kappa shape index (κ3) is 5.68. The molecule has 0 spiro atoms. The van der Waals surface area contributed by atoms with E-state index >= 15 is 0 Å². The summed E-state index contributed by atoms with van der Waals surface area (Å²) in [6, 6.07) is 16.2. The van der Waals surface area contributed by atoms with E-state index in [2.05, 4.69) is 10.4 Å². The van der Waals surface area contributed by atoms with E-state index in [1.165, 1.54) is 4.90 Å². The SMILES string of the molecule is Cc1nc(CSc2ccc(C(=O)OC(C(=O)N(C)C)c3ccccc3)cc2)cs1. The Kier molecular flexibility index (Phi) is 7.06. The van der Waals surface area contributed by atoms with Crippen LogP contribution in [-0.4, -0.2) is 35.9 Å². The van der Waals surface area contributed by atoms with Crippen LogP contribution in [0.25, 0.3) is 0 Å². The third-order valence-electron chi connectivity index (χ3n) is 4.14. The van der Waals surface area contributed by atoms with E-state index in [1.54, 1.807) is 61.5 Å². The number of benzene rings is 2. The normalized spacial score (nSPS) is 11.7. The topological polar surface area (TPSA) is 59.5 Å². The molecule has 1 unspecified atom stereocenters. The highest BCUT2D eigenvalue weighted by atomic mass is 32.2. The Balaban J connectivity index is 1.67. The molecule has 2 aromatic carbocycles. The monoisotopic (exact) mass is 426 g/mol. The summed E-state index contributed by atoms with van der Waals surface area (Å²) >= 11 is 3.30. The first-order valence-corrected chi connectivity index (χ1v) is 10.9. The van der Waals surface area contributed by atoms with E-state index in [-0.39, 0.29) is 5.91 Å². The van der Waals surface area contributed by atoms with Gasteiger partial charge in [0.2, 0.25) is 6.10 Å². The van der Waals surface area contributed by atoms with E-state index in [0.29, 0.717) is 11.1 Å². The minimum absolute atomic E-state index is 0.282.